The van der Waals surface area contributed by atoms with Gasteiger partial charge in [-0.25, -0.2) is 0 Å². The summed E-state index contributed by atoms with van der Waals surface area (Å²) in [4.78, 5) is 4.34. The van der Waals surface area contributed by atoms with Gasteiger partial charge in [0, 0.05) is 6.42 Å². The standard InChI is InChI=1S/C15H17N5O2S2/c1-3-6-12-17-13(22-20-12)9-23-15-19-18-14(24-15)16-10-7-4-5-8-11(10)21-2/h4-5,7-8H,3,6,9H2,1-2H3,(H,16,18). The predicted octanol–water partition coefficient (Wildman–Crippen LogP) is 3.92. The molecule has 126 valence electrons. The van der Waals surface area contributed by atoms with E-state index in [4.69, 9.17) is 9.26 Å². The van der Waals surface area contributed by atoms with E-state index in [0.29, 0.717) is 16.8 Å². The van der Waals surface area contributed by atoms with E-state index in [-0.39, 0.29) is 0 Å². The first-order chi connectivity index (χ1) is 11.8. The summed E-state index contributed by atoms with van der Waals surface area (Å²) < 4.78 is 11.4. The van der Waals surface area contributed by atoms with Gasteiger partial charge in [0.25, 0.3) is 0 Å². The van der Waals surface area contributed by atoms with Crippen LogP contribution in [0.4, 0.5) is 10.8 Å². The van der Waals surface area contributed by atoms with Crippen LogP contribution in [-0.4, -0.2) is 27.4 Å². The van der Waals surface area contributed by atoms with Crippen molar-refractivity contribution in [1.29, 1.82) is 0 Å². The van der Waals surface area contributed by atoms with Gasteiger partial charge in [0.05, 0.1) is 18.6 Å². The molecule has 3 aromatic rings. The van der Waals surface area contributed by atoms with Crippen LogP contribution < -0.4 is 10.1 Å². The molecular weight excluding hydrogens is 346 g/mol. The SMILES string of the molecule is CCCc1noc(CSc2nnc(Nc3ccccc3OC)s2)n1. The number of methoxy groups -OCH3 is 1. The lowest BCUT2D eigenvalue weighted by Crippen LogP contribution is -1.93. The van der Waals surface area contributed by atoms with E-state index in [9.17, 15) is 0 Å². The Morgan fingerprint density at radius 1 is 1.29 bits per heavy atom. The van der Waals surface area contributed by atoms with Crippen LogP contribution >= 0.6 is 23.1 Å². The molecule has 0 radical (unpaired) electrons. The molecule has 0 saturated heterocycles. The number of nitrogens with zero attached hydrogens (tertiary/aromatic N) is 4. The van der Waals surface area contributed by atoms with Crippen LogP contribution in [0.15, 0.2) is 33.1 Å². The minimum Gasteiger partial charge on any atom is -0.495 e. The Bertz CT molecular complexity index is 790. The highest BCUT2D eigenvalue weighted by molar-refractivity contribution is 8.00. The zero-order valence-corrected chi connectivity index (χ0v) is 15.0. The van der Waals surface area contributed by atoms with Crippen molar-refractivity contribution >= 4 is 33.9 Å². The summed E-state index contributed by atoms with van der Waals surface area (Å²) in [7, 11) is 1.64. The van der Waals surface area contributed by atoms with Gasteiger partial charge in [0.1, 0.15) is 5.75 Å². The van der Waals surface area contributed by atoms with Crippen LogP contribution in [0.1, 0.15) is 25.1 Å². The summed E-state index contributed by atoms with van der Waals surface area (Å²) in [6, 6.07) is 7.68. The molecule has 0 aliphatic carbocycles. The number of aryl methyl sites for hydroxylation is 1. The second-order valence-corrected chi connectivity index (χ2v) is 7.04. The van der Waals surface area contributed by atoms with Crippen LogP contribution in [0.5, 0.6) is 5.75 Å². The first-order valence-corrected chi connectivity index (χ1v) is 9.26. The zero-order valence-electron chi connectivity index (χ0n) is 13.4. The van der Waals surface area contributed by atoms with E-state index >= 15 is 0 Å². The first-order valence-electron chi connectivity index (χ1n) is 7.46. The number of para-hydroxylation sites is 2. The smallest absolute Gasteiger partial charge is 0.237 e. The highest BCUT2D eigenvalue weighted by Crippen LogP contribution is 2.32. The van der Waals surface area contributed by atoms with Crippen LogP contribution in [0.3, 0.4) is 0 Å². The van der Waals surface area contributed by atoms with E-state index in [1.807, 2.05) is 24.3 Å². The highest BCUT2D eigenvalue weighted by atomic mass is 32.2. The molecule has 0 unspecified atom stereocenters. The van der Waals surface area contributed by atoms with Gasteiger partial charge in [-0.3, -0.25) is 0 Å². The van der Waals surface area contributed by atoms with Gasteiger partial charge in [-0.15, -0.1) is 10.2 Å². The fourth-order valence-corrected chi connectivity index (χ4v) is 3.58. The van der Waals surface area contributed by atoms with Gasteiger partial charge in [0.15, 0.2) is 10.2 Å². The number of nitrogens with one attached hydrogen (secondary N) is 1. The van der Waals surface area contributed by atoms with E-state index in [1.54, 1.807) is 7.11 Å². The molecule has 0 spiro atoms. The van der Waals surface area contributed by atoms with Crippen molar-refractivity contribution in [2.75, 3.05) is 12.4 Å². The average molecular weight is 363 g/mol. The normalized spacial score (nSPS) is 10.8. The lowest BCUT2D eigenvalue weighted by molar-refractivity contribution is 0.384. The monoisotopic (exact) mass is 363 g/mol. The van der Waals surface area contributed by atoms with Crippen molar-refractivity contribution in [3.8, 4) is 5.75 Å². The highest BCUT2D eigenvalue weighted by Gasteiger charge is 2.11. The molecule has 0 amide bonds. The predicted molar refractivity (Wildman–Crippen MR) is 94.0 cm³/mol. The molecule has 0 saturated carbocycles. The maximum Gasteiger partial charge on any atom is 0.237 e. The van der Waals surface area contributed by atoms with Gasteiger partial charge in [0.2, 0.25) is 11.0 Å². The van der Waals surface area contributed by atoms with Crippen molar-refractivity contribution in [3.05, 3.63) is 36.0 Å². The molecule has 2 aromatic heterocycles. The third-order valence-corrected chi connectivity index (χ3v) is 5.01. The number of aromatic nitrogens is 4. The molecule has 0 bridgehead atoms. The molecule has 7 nitrogen and oxygen atoms in total. The van der Waals surface area contributed by atoms with Crippen molar-refractivity contribution < 1.29 is 9.26 Å². The van der Waals surface area contributed by atoms with Gasteiger partial charge in [-0.1, -0.05) is 47.3 Å². The Balaban J connectivity index is 1.59. The zero-order chi connectivity index (χ0) is 16.8. The Morgan fingerprint density at radius 2 is 2.17 bits per heavy atom. The summed E-state index contributed by atoms with van der Waals surface area (Å²) in [5.74, 6) is 2.71. The second kappa shape index (κ2) is 8.11. The van der Waals surface area contributed by atoms with Gasteiger partial charge in [-0.05, 0) is 18.6 Å². The fourth-order valence-electron chi connectivity index (χ4n) is 1.98. The molecule has 0 aliphatic rings. The molecule has 0 aliphatic heterocycles. The van der Waals surface area contributed by atoms with Crippen molar-refractivity contribution in [2.45, 2.75) is 29.9 Å². The van der Waals surface area contributed by atoms with E-state index in [0.717, 1.165) is 34.4 Å². The minimum absolute atomic E-state index is 0.583. The van der Waals surface area contributed by atoms with Crippen LogP contribution in [0.25, 0.3) is 0 Å². The Kier molecular flexibility index (Phi) is 5.65. The molecule has 1 aromatic carbocycles. The number of anilines is 2. The van der Waals surface area contributed by atoms with Gasteiger partial charge >= 0.3 is 0 Å². The molecule has 9 heteroatoms. The topological polar surface area (TPSA) is 86.0 Å². The molecule has 0 fully saturated rings. The summed E-state index contributed by atoms with van der Waals surface area (Å²) in [6.07, 6.45) is 1.83. The third-order valence-electron chi connectivity index (χ3n) is 3.06. The minimum atomic E-state index is 0.583. The van der Waals surface area contributed by atoms with Crippen molar-refractivity contribution in [2.24, 2.45) is 0 Å². The Hall–Kier alpha value is -2.13. The summed E-state index contributed by atoms with van der Waals surface area (Å²) in [5, 5.41) is 16.2. The number of ether oxygens (including phenoxy) is 1. The lowest BCUT2D eigenvalue weighted by Gasteiger charge is -2.07. The largest absolute Gasteiger partial charge is 0.495 e. The molecule has 0 atom stereocenters. The van der Waals surface area contributed by atoms with Crippen LogP contribution in [0, 0.1) is 0 Å². The summed E-state index contributed by atoms with van der Waals surface area (Å²) in [6.45, 7) is 2.09. The first kappa shape index (κ1) is 16.7. The second-order valence-electron chi connectivity index (χ2n) is 4.84. The van der Waals surface area contributed by atoms with Gasteiger partial charge in [-0.2, -0.15) is 4.98 Å². The van der Waals surface area contributed by atoms with E-state index in [1.165, 1.54) is 23.1 Å². The maximum atomic E-state index is 5.31. The Morgan fingerprint density at radius 3 is 3.00 bits per heavy atom. The van der Waals surface area contributed by atoms with Crippen molar-refractivity contribution in [1.82, 2.24) is 20.3 Å². The Labute approximate surface area is 147 Å². The molecule has 1 N–H and O–H groups in total. The summed E-state index contributed by atoms with van der Waals surface area (Å²) in [5.41, 5.74) is 0.855. The number of rotatable bonds is 8. The molecule has 24 heavy (non-hydrogen) atoms. The lowest BCUT2D eigenvalue weighted by atomic mass is 10.3. The fraction of sp³-hybridized carbons (Fsp3) is 0.333. The third kappa shape index (κ3) is 4.24. The van der Waals surface area contributed by atoms with Crippen molar-refractivity contribution in [3.63, 3.8) is 0 Å². The number of hydrogen-bond acceptors (Lipinski definition) is 9. The number of benzene rings is 1. The van der Waals surface area contributed by atoms with Crippen LogP contribution in [-0.2, 0) is 12.2 Å². The molecule has 2 heterocycles. The average Bonchev–Trinajstić information content (AvgIpc) is 3.23. The number of hydrogen-bond donors (Lipinski definition) is 1. The molecule has 3 rings (SSSR count). The van der Waals surface area contributed by atoms with E-state index in [2.05, 4.69) is 32.6 Å². The molecular formula is C15H17N5O2S2. The van der Waals surface area contributed by atoms with E-state index < -0.39 is 0 Å². The number of thioether (sulfide) groups is 1. The van der Waals surface area contributed by atoms with Crippen LogP contribution in [0.2, 0.25) is 0 Å². The van der Waals surface area contributed by atoms with Gasteiger partial charge < -0.3 is 14.6 Å². The maximum absolute atomic E-state index is 5.31. The summed E-state index contributed by atoms with van der Waals surface area (Å²) >= 11 is 2.99. The quantitative estimate of drug-likeness (QED) is 0.603.